The summed E-state index contributed by atoms with van der Waals surface area (Å²) in [6.07, 6.45) is 0.887. The Morgan fingerprint density at radius 3 is 2.32 bits per heavy atom. The van der Waals surface area contributed by atoms with Gasteiger partial charge in [0.1, 0.15) is 10.0 Å². The molecule has 0 fully saturated rings. The van der Waals surface area contributed by atoms with Gasteiger partial charge in [0.25, 0.3) is 0 Å². The van der Waals surface area contributed by atoms with E-state index >= 15 is 0 Å². The highest BCUT2D eigenvalue weighted by molar-refractivity contribution is 7.14. The van der Waals surface area contributed by atoms with E-state index in [2.05, 4.69) is 62.2 Å². The van der Waals surface area contributed by atoms with Gasteiger partial charge in [0.15, 0.2) is 0 Å². The lowest BCUT2D eigenvalue weighted by Gasteiger charge is -2.18. The molecule has 1 aromatic heterocycles. The molecule has 1 atom stereocenters. The third kappa shape index (κ3) is 3.19. The SMILES string of the molecule is CCC(N)c1nnc(-c2ccc(C(C)(C)C)cc2)s1. The molecular weight excluding hydrogens is 254 g/mol. The molecule has 0 amide bonds. The fourth-order valence-electron chi connectivity index (χ4n) is 1.79. The van der Waals surface area contributed by atoms with Crippen molar-refractivity contribution in [2.24, 2.45) is 5.73 Å². The summed E-state index contributed by atoms with van der Waals surface area (Å²) in [7, 11) is 0. The molecule has 1 heterocycles. The predicted molar refractivity (Wildman–Crippen MR) is 81.3 cm³/mol. The Labute approximate surface area is 118 Å². The van der Waals surface area contributed by atoms with E-state index in [1.165, 1.54) is 5.56 Å². The minimum Gasteiger partial charge on any atom is -0.322 e. The summed E-state index contributed by atoms with van der Waals surface area (Å²) >= 11 is 1.58. The largest absolute Gasteiger partial charge is 0.322 e. The highest BCUT2D eigenvalue weighted by atomic mass is 32.1. The molecule has 2 N–H and O–H groups in total. The van der Waals surface area contributed by atoms with Crippen LogP contribution in [-0.4, -0.2) is 10.2 Å². The van der Waals surface area contributed by atoms with E-state index in [9.17, 15) is 0 Å². The van der Waals surface area contributed by atoms with Crippen LogP contribution < -0.4 is 5.73 Å². The van der Waals surface area contributed by atoms with E-state index in [0.717, 1.165) is 22.0 Å². The van der Waals surface area contributed by atoms with E-state index in [1.807, 2.05) is 0 Å². The Kier molecular flexibility index (Phi) is 4.02. The second-order valence-electron chi connectivity index (χ2n) is 5.79. The maximum absolute atomic E-state index is 5.97. The Balaban J connectivity index is 2.25. The molecule has 0 saturated carbocycles. The lowest BCUT2D eigenvalue weighted by Crippen LogP contribution is -2.10. The Hall–Kier alpha value is -1.26. The number of hydrogen-bond acceptors (Lipinski definition) is 4. The van der Waals surface area contributed by atoms with Crippen molar-refractivity contribution in [2.45, 2.75) is 45.6 Å². The number of nitrogens with two attached hydrogens (primary N) is 1. The summed E-state index contributed by atoms with van der Waals surface area (Å²) < 4.78 is 0. The lowest BCUT2D eigenvalue weighted by atomic mass is 9.87. The lowest BCUT2D eigenvalue weighted by molar-refractivity contribution is 0.590. The maximum Gasteiger partial charge on any atom is 0.147 e. The first-order chi connectivity index (χ1) is 8.91. The zero-order valence-electron chi connectivity index (χ0n) is 12.0. The van der Waals surface area contributed by atoms with E-state index in [-0.39, 0.29) is 11.5 Å². The van der Waals surface area contributed by atoms with E-state index in [1.54, 1.807) is 11.3 Å². The van der Waals surface area contributed by atoms with Gasteiger partial charge in [-0.1, -0.05) is 63.3 Å². The van der Waals surface area contributed by atoms with Crippen LogP contribution in [0.2, 0.25) is 0 Å². The number of nitrogens with zero attached hydrogens (tertiary/aromatic N) is 2. The number of hydrogen-bond donors (Lipinski definition) is 1. The molecule has 0 aliphatic heterocycles. The van der Waals surface area contributed by atoms with Crippen molar-refractivity contribution >= 4 is 11.3 Å². The summed E-state index contributed by atoms with van der Waals surface area (Å²) in [6, 6.07) is 8.55. The van der Waals surface area contributed by atoms with Gasteiger partial charge in [-0.15, -0.1) is 10.2 Å². The van der Waals surface area contributed by atoms with Crippen molar-refractivity contribution in [3.8, 4) is 10.6 Å². The number of aromatic nitrogens is 2. The van der Waals surface area contributed by atoms with E-state index in [4.69, 9.17) is 5.73 Å². The zero-order chi connectivity index (χ0) is 14.0. The average Bonchev–Trinajstić information content (AvgIpc) is 2.86. The third-order valence-corrected chi connectivity index (χ3v) is 4.30. The molecule has 0 aliphatic carbocycles. The van der Waals surface area contributed by atoms with Crippen LogP contribution in [0.1, 0.15) is 50.7 Å². The van der Waals surface area contributed by atoms with Crippen LogP contribution in [0, 0.1) is 0 Å². The molecule has 4 heteroatoms. The van der Waals surface area contributed by atoms with Gasteiger partial charge >= 0.3 is 0 Å². The van der Waals surface area contributed by atoms with Crippen LogP contribution >= 0.6 is 11.3 Å². The van der Waals surface area contributed by atoms with Crippen LogP contribution in [0.15, 0.2) is 24.3 Å². The minimum absolute atomic E-state index is 0.0000911. The molecule has 1 aromatic carbocycles. The quantitative estimate of drug-likeness (QED) is 0.924. The summed E-state index contributed by atoms with van der Waals surface area (Å²) in [4.78, 5) is 0. The number of benzene rings is 1. The first-order valence-electron chi connectivity index (χ1n) is 6.61. The Morgan fingerprint density at radius 1 is 1.16 bits per heavy atom. The van der Waals surface area contributed by atoms with Crippen molar-refractivity contribution in [3.63, 3.8) is 0 Å². The predicted octanol–water partition coefficient (Wildman–Crippen LogP) is 3.91. The summed E-state index contributed by atoms with van der Waals surface area (Å²) in [5, 5.41) is 10.3. The maximum atomic E-state index is 5.97. The Bertz CT molecular complexity index is 537. The zero-order valence-corrected chi connectivity index (χ0v) is 12.8. The van der Waals surface area contributed by atoms with Gasteiger partial charge in [0.05, 0.1) is 6.04 Å². The van der Waals surface area contributed by atoms with Gasteiger partial charge in [-0.25, -0.2) is 0 Å². The molecular formula is C15H21N3S. The minimum atomic E-state index is 0.0000911. The fourth-order valence-corrected chi connectivity index (χ4v) is 2.72. The van der Waals surface area contributed by atoms with Crippen LogP contribution in [0.5, 0.6) is 0 Å². The van der Waals surface area contributed by atoms with E-state index in [0.29, 0.717) is 0 Å². The number of rotatable bonds is 3. The standard InChI is InChI=1S/C15H21N3S/c1-5-12(16)14-18-17-13(19-14)10-6-8-11(9-7-10)15(2,3)4/h6-9,12H,5,16H2,1-4H3. The van der Waals surface area contributed by atoms with Crippen LogP contribution in [0.25, 0.3) is 10.6 Å². The van der Waals surface area contributed by atoms with Crippen LogP contribution in [-0.2, 0) is 5.41 Å². The highest BCUT2D eigenvalue weighted by Gasteiger charge is 2.15. The molecule has 2 aromatic rings. The third-order valence-electron chi connectivity index (χ3n) is 3.20. The second kappa shape index (κ2) is 5.39. The van der Waals surface area contributed by atoms with Gasteiger partial charge in [0, 0.05) is 5.56 Å². The molecule has 1 unspecified atom stereocenters. The highest BCUT2D eigenvalue weighted by Crippen LogP contribution is 2.29. The molecule has 0 spiro atoms. The van der Waals surface area contributed by atoms with Gasteiger partial charge in [-0.2, -0.15) is 0 Å². The van der Waals surface area contributed by atoms with Crippen molar-refractivity contribution in [1.82, 2.24) is 10.2 Å². The van der Waals surface area contributed by atoms with Gasteiger partial charge in [-0.05, 0) is 17.4 Å². The molecule has 19 heavy (non-hydrogen) atoms. The van der Waals surface area contributed by atoms with Gasteiger partial charge < -0.3 is 5.73 Å². The smallest absolute Gasteiger partial charge is 0.147 e. The summed E-state index contributed by atoms with van der Waals surface area (Å²) in [5.74, 6) is 0. The molecule has 102 valence electrons. The van der Waals surface area contributed by atoms with Gasteiger partial charge in [-0.3, -0.25) is 0 Å². The van der Waals surface area contributed by atoms with Crippen molar-refractivity contribution < 1.29 is 0 Å². The molecule has 2 rings (SSSR count). The molecule has 3 nitrogen and oxygen atoms in total. The topological polar surface area (TPSA) is 51.8 Å². The molecule has 0 saturated heterocycles. The van der Waals surface area contributed by atoms with Crippen molar-refractivity contribution in [3.05, 3.63) is 34.8 Å². The van der Waals surface area contributed by atoms with Crippen molar-refractivity contribution in [2.75, 3.05) is 0 Å². The fraction of sp³-hybridized carbons (Fsp3) is 0.467. The first-order valence-corrected chi connectivity index (χ1v) is 7.43. The summed E-state index contributed by atoms with van der Waals surface area (Å²) in [6.45, 7) is 8.70. The molecule has 0 radical (unpaired) electrons. The molecule has 0 bridgehead atoms. The van der Waals surface area contributed by atoms with Crippen molar-refractivity contribution in [1.29, 1.82) is 0 Å². The van der Waals surface area contributed by atoms with Crippen LogP contribution in [0.4, 0.5) is 0 Å². The molecule has 0 aliphatic rings. The first kappa shape index (κ1) is 14.2. The summed E-state index contributed by atoms with van der Waals surface area (Å²) in [5.41, 5.74) is 8.59. The average molecular weight is 275 g/mol. The second-order valence-corrected chi connectivity index (χ2v) is 6.80. The van der Waals surface area contributed by atoms with Gasteiger partial charge in [0.2, 0.25) is 0 Å². The Morgan fingerprint density at radius 2 is 1.79 bits per heavy atom. The van der Waals surface area contributed by atoms with Crippen LogP contribution in [0.3, 0.4) is 0 Å². The van der Waals surface area contributed by atoms with E-state index < -0.39 is 0 Å². The monoisotopic (exact) mass is 275 g/mol. The normalized spacial score (nSPS) is 13.5.